The van der Waals surface area contributed by atoms with E-state index in [-0.39, 0.29) is 6.10 Å². The molecule has 10 nitrogen and oxygen atoms in total. The van der Waals surface area contributed by atoms with Gasteiger partial charge in [-0.3, -0.25) is 4.68 Å². The van der Waals surface area contributed by atoms with Crippen LogP contribution in [0.25, 0.3) is 33.5 Å². The van der Waals surface area contributed by atoms with Crippen LogP contribution in [0.1, 0.15) is 44.2 Å². The maximum atomic E-state index is 6.31. The number of nitrogens with zero attached hydrogens (tertiary/aromatic N) is 7. The minimum absolute atomic E-state index is 0.136. The van der Waals surface area contributed by atoms with Gasteiger partial charge in [-0.15, -0.1) is 0 Å². The first kappa shape index (κ1) is 25.9. The third-order valence-electron chi connectivity index (χ3n) is 7.83. The van der Waals surface area contributed by atoms with Gasteiger partial charge in [0.2, 0.25) is 5.88 Å². The molecule has 2 aliphatic heterocycles. The predicted octanol–water partition coefficient (Wildman–Crippen LogP) is 4.16. The van der Waals surface area contributed by atoms with Gasteiger partial charge in [0.1, 0.15) is 11.6 Å². The molecule has 2 saturated heterocycles. The number of hydrogen-bond acceptors (Lipinski definition) is 8. The van der Waals surface area contributed by atoms with E-state index >= 15 is 0 Å². The predicted molar refractivity (Wildman–Crippen MR) is 151 cm³/mol. The lowest BCUT2D eigenvalue weighted by atomic mass is 10.1. The van der Waals surface area contributed by atoms with Gasteiger partial charge in [0.05, 0.1) is 37.3 Å². The van der Waals surface area contributed by atoms with E-state index in [1.165, 1.54) is 0 Å². The van der Waals surface area contributed by atoms with Gasteiger partial charge in [-0.2, -0.15) is 5.10 Å². The van der Waals surface area contributed by atoms with E-state index < -0.39 is 0 Å². The van der Waals surface area contributed by atoms with Crippen LogP contribution in [0.3, 0.4) is 0 Å². The van der Waals surface area contributed by atoms with Crippen LogP contribution in [0.5, 0.6) is 5.88 Å². The van der Waals surface area contributed by atoms with Crippen molar-refractivity contribution in [3.05, 3.63) is 42.6 Å². The summed E-state index contributed by atoms with van der Waals surface area (Å²) in [5.74, 6) is 0.688. The van der Waals surface area contributed by atoms with E-state index in [0.717, 1.165) is 104 Å². The average molecular weight is 531 g/mol. The molecule has 0 atom stereocenters. The number of likely N-dealkylation sites (tertiary alicyclic amines) is 1. The van der Waals surface area contributed by atoms with Gasteiger partial charge in [-0.1, -0.05) is 6.92 Å². The van der Waals surface area contributed by atoms with Gasteiger partial charge in [0.15, 0.2) is 5.65 Å². The lowest BCUT2D eigenvalue weighted by molar-refractivity contribution is 0.0231. The van der Waals surface area contributed by atoms with Crippen LogP contribution in [0.15, 0.2) is 37.1 Å². The first-order valence-corrected chi connectivity index (χ1v) is 14.1. The molecule has 0 bridgehead atoms. The molecule has 0 radical (unpaired) electrons. The van der Waals surface area contributed by atoms with E-state index in [1.54, 1.807) is 0 Å². The Kier molecular flexibility index (Phi) is 7.58. The van der Waals surface area contributed by atoms with Gasteiger partial charge in [0, 0.05) is 73.3 Å². The molecule has 2 aliphatic rings. The van der Waals surface area contributed by atoms with Crippen molar-refractivity contribution < 1.29 is 9.47 Å². The van der Waals surface area contributed by atoms with Crippen LogP contribution in [0.2, 0.25) is 0 Å². The summed E-state index contributed by atoms with van der Waals surface area (Å²) in [4.78, 5) is 22.4. The average Bonchev–Trinajstić information content (AvgIpc) is 3.61. The van der Waals surface area contributed by atoms with Crippen molar-refractivity contribution in [2.45, 2.75) is 51.3 Å². The van der Waals surface area contributed by atoms with Gasteiger partial charge in [-0.05, 0) is 39.5 Å². The molecule has 6 rings (SSSR count). The summed E-state index contributed by atoms with van der Waals surface area (Å²) in [5.41, 5.74) is 6.41. The van der Waals surface area contributed by atoms with Crippen molar-refractivity contribution >= 4 is 11.2 Å². The zero-order valence-electron chi connectivity index (χ0n) is 23.1. The molecule has 0 aliphatic carbocycles. The van der Waals surface area contributed by atoms with Gasteiger partial charge < -0.3 is 24.3 Å². The molecular weight excluding hydrogens is 492 g/mol. The Labute approximate surface area is 229 Å². The Morgan fingerprint density at radius 3 is 2.64 bits per heavy atom. The zero-order valence-corrected chi connectivity index (χ0v) is 23.1. The third kappa shape index (κ3) is 5.68. The van der Waals surface area contributed by atoms with Crippen molar-refractivity contribution in [1.82, 2.24) is 39.5 Å². The van der Waals surface area contributed by atoms with Crippen molar-refractivity contribution in [3.63, 3.8) is 0 Å². The Bertz CT molecular complexity index is 1400. The molecule has 1 N–H and O–H groups in total. The smallest absolute Gasteiger partial charge is 0.218 e. The Hall–Kier alpha value is -3.34. The molecule has 0 spiro atoms. The number of aromatic amines is 1. The third-order valence-corrected chi connectivity index (χ3v) is 7.83. The van der Waals surface area contributed by atoms with Gasteiger partial charge in [0.25, 0.3) is 0 Å². The van der Waals surface area contributed by atoms with Crippen LogP contribution in [-0.2, 0) is 11.3 Å². The molecule has 0 aromatic carbocycles. The Morgan fingerprint density at radius 2 is 1.87 bits per heavy atom. The molecule has 10 heteroatoms. The molecule has 0 unspecified atom stereocenters. The van der Waals surface area contributed by atoms with E-state index in [4.69, 9.17) is 29.5 Å². The maximum Gasteiger partial charge on any atom is 0.218 e. The number of fused-ring (bicyclic) bond motifs is 1. The zero-order chi connectivity index (χ0) is 26.8. The van der Waals surface area contributed by atoms with Crippen molar-refractivity contribution in [1.29, 1.82) is 0 Å². The molecule has 6 heterocycles. The molecule has 0 amide bonds. The highest BCUT2D eigenvalue weighted by molar-refractivity contribution is 5.91. The Balaban J connectivity index is 1.27. The lowest BCUT2D eigenvalue weighted by Gasteiger charge is -2.31. The number of pyridine rings is 1. The molecule has 4 aromatic heterocycles. The summed E-state index contributed by atoms with van der Waals surface area (Å²) in [6, 6.07) is 2.57. The van der Waals surface area contributed by atoms with E-state index in [1.807, 2.05) is 24.8 Å². The summed E-state index contributed by atoms with van der Waals surface area (Å²) in [7, 11) is 4.10. The summed E-state index contributed by atoms with van der Waals surface area (Å²) < 4.78 is 13.9. The number of ether oxygens (including phenoxy) is 2. The second-order valence-corrected chi connectivity index (χ2v) is 10.9. The molecule has 0 saturated carbocycles. The first-order chi connectivity index (χ1) is 19.1. The van der Waals surface area contributed by atoms with Crippen LogP contribution < -0.4 is 4.74 Å². The number of rotatable bonds is 8. The quantitative estimate of drug-likeness (QED) is 0.363. The number of H-pyrrole nitrogens is 1. The highest BCUT2D eigenvalue weighted by Gasteiger charge is 2.22. The fourth-order valence-electron chi connectivity index (χ4n) is 5.58. The van der Waals surface area contributed by atoms with Crippen molar-refractivity contribution in [3.8, 4) is 28.3 Å². The SMILES string of the molecule is CCN1CCC(n2cc(-c3c[nH]c4ncc(-c5cnc(OC6CCOCC6)c(CN(C)C)c5)nc34)cn2)CC1. The van der Waals surface area contributed by atoms with Gasteiger partial charge in [-0.25, -0.2) is 15.0 Å². The molecular formula is C29H38N8O2. The topological polar surface area (TPSA) is 97.2 Å². The summed E-state index contributed by atoms with van der Waals surface area (Å²) in [6.45, 7) is 7.79. The second kappa shape index (κ2) is 11.4. The number of piperidine rings is 1. The number of aromatic nitrogens is 6. The largest absolute Gasteiger partial charge is 0.474 e. The first-order valence-electron chi connectivity index (χ1n) is 14.1. The molecule has 206 valence electrons. The molecule has 2 fully saturated rings. The fourth-order valence-corrected chi connectivity index (χ4v) is 5.58. The second-order valence-electron chi connectivity index (χ2n) is 10.9. The number of nitrogens with one attached hydrogen (secondary N) is 1. The maximum absolute atomic E-state index is 6.31. The van der Waals surface area contributed by atoms with E-state index in [2.05, 4.69) is 52.7 Å². The summed E-state index contributed by atoms with van der Waals surface area (Å²) in [6.07, 6.45) is 13.9. The Morgan fingerprint density at radius 1 is 1.05 bits per heavy atom. The fraction of sp³-hybridized carbons (Fsp3) is 0.517. The summed E-state index contributed by atoms with van der Waals surface area (Å²) in [5, 5.41) is 4.73. The van der Waals surface area contributed by atoms with E-state index in [0.29, 0.717) is 11.9 Å². The highest BCUT2D eigenvalue weighted by Crippen LogP contribution is 2.31. The van der Waals surface area contributed by atoms with Crippen molar-refractivity contribution in [2.75, 3.05) is 46.9 Å². The molecule has 4 aromatic rings. The van der Waals surface area contributed by atoms with Gasteiger partial charge >= 0.3 is 0 Å². The molecule has 39 heavy (non-hydrogen) atoms. The number of hydrogen-bond donors (Lipinski definition) is 1. The standard InChI is InChI=1S/C29H38N8O2/c1-4-36-9-5-23(6-10-36)37-19-22(15-33-37)25-16-30-28-27(25)34-26(17-31-28)20-13-21(18-35(2)3)29(32-14-20)39-24-7-11-38-12-8-24/h13-17,19,23-24H,4-12,18H2,1-3H3,(H,30,31). The van der Waals surface area contributed by atoms with Crippen LogP contribution >= 0.6 is 0 Å². The monoisotopic (exact) mass is 530 g/mol. The normalized spacial score (nSPS) is 17.8. The van der Waals surface area contributed by atoms with Crippen LogP contribution in [-0.4, -0.2) is 92.6 Å². The highest BCUT2D eigenvalue weighted by atomic mass is 16.5. The minimum atomic E-state index is 0.136. The summed E-state index contributed by atoms with van der Waals surface area (Å²) >= 11 is 0. The lowest BCUT2D eigenvalue weighted by Crippen LogP contribution is -2.34. The van der Waals surface area contributed by atoms with Crippen LogP contribution in [0.4, 0.5) is 0 Å². The van der Waals surface area contributed by atoms with Crippen molar-refractivity contribution in [2.24, 2.45) is 0 Å². The minimum Gasteiger partial charge on any atom is -0.474 e. The van der Waals surface area contributed by atoms with E-state index in [9.17, 15) is 0 Å². The van der Waals surface area contributed by atoms with Crippen LogP contribution in [0, 0.1) is 0 Å².